The van der Waals surface area contributed by atoms with Crippen LogP contribution < -0.4 is 15.2 Å². The second-order valence-electron chi connectivity index (χ2n) is 6.55. The Labute approximate surface area is 170 Å². The molecule has 29 heavy (non-hydrogen) atoms. The van der Waals surface area contributed by atoms with E-state index in [2.05, 4.69) is 22.3 Å². The summed E-state index contributed by atoms with van der Waals surface area (Å²) in [7, 11) is 3.17. The first-order valence-electron chi connectivity index (χ1n) is 9.47. The maximum absolute atomic E-state index is 13.0. The number of rotatable bonds is 9. The Bertz CT molecular complexity index is 940. The standard InChI is InChI=1S/C22H26N4O3/c1-28-20-9-8-17(14-21(20)29-2)18-15-19(25-24-18)22(27)26(13-11-23)12-10-16-6-4-3-5-7-16/h3-9,14-15H,10-13,23H2,1-2H3,(H,24,25). The van der Waals surface area contributed by atoms with Crippen molar-refractivity contribution >= 4 is 5.91 Å². The number of carbonyl (C=O) groups is 1. The predicted octanol–water partition coefficient (Wildman–Crippen LogP) is 2.74. The van der Waals surface area contributed by atoms with E-state index < -0.39 is 0 Å². The van der Waals surface area contributed by atoms with Crippen LogP contribution in [0.1, 0.15) is 16.1 Å². The molecule has 0 aliphatic rings. The Morgan fingerprint density at radius 2 is 1.79 bits per heavy atom. The molecular formula is C22H26N4O3. The van der Waals surface area contributed by atoms with E-state index in [1.807, 2.05) is 36.4 Å². The molecule has 0 aliphatic carbocycles. The van der Waals surface area contributed by atoms with Crippen molar-refractivity contribution in [1.29, 1.82) is 0 Å². The van der Waals surface area contributed by atoms with Crippen molar-refractivity contribution in [1.82, 2.24) is 15.1 Å². The normalized spacial score (nSPS) is 10.6. The van der Waals surface area contributed by atoms with Gasteiger partial charge in [0, 0.05) is 25.2 Å². The summed E-state index contributed by atoms with van der Waals surface area (Å²) in [5.74, 6) is 1.12. The number of hydrogen-bond acceptors (Lipinski definition) is 5. The van der Waals surface area contributed by atoms with E-state index in [9.17, 15) is 4.79 Å². The molecule has 1 aromatic heterocycles. The fraction of sp³-hybridized carbons (Fsp3) is 0.273. The van der Waals surface area contributed by atoms with E-state index in [0.717, 1.165) is 12.0 Å². The Morgan fingerprint density at radius 3 is 2.48 bits per heavy atom. The van der Waals surface area contributed by atoms with Crippen molar-refractivity contribution in [2.75, 3.05) is 33.9 Å². The van der Waals surface area contributed by atoms with Crippen LogP contribution in [0.3, 0.4) is 0 Å². The number of carbonyl (C=O) groups excluding carboxylic acids is 1. The molecule has 7 heteroatoms. The highest BCUT2D eigenvalue weighted by Crippen LogP contribution is 2.31. The van der Waals surface area contributed by atoms with E-state index in [1.54, 1.807) is 25.2 Å². The first-order valence-corrected chi connectivity index (χ1v) is 9.47. The molecule has 7 nitrogen and oxygen atoms in total. The lowest BCUT2D eigenvalue weighted by Gasteiger charge is -2.21. The summed E-state index contributed by atoms with van der Waals surface area (Å²) in [5, 5.41) is 7.15. The van der Waals surface area contributed by atoms with Crippen LogP contribution in [-0.4, -0.2) is 54.9 Å². The molecule has 3 N–H and O–H groups in total. The van der Waals surface area contributed by atoms with Gasteiger partial charge >= 0.3 is 0 Å². The summed E-state index contributed by atoms with van der Waals surface area (Å²) in [5.41, 5.74) is 8.81. The lowest BCUT2D eigenvalue weighted by Crippen LogP contribution is -2.37. The van der Waals surface area contributed by atoms with Crippen molar-refractivity contribution < 1.29 is 14.3 Å². The predicted molar refractivity (Wildman–Crippen MR) is 112 cm³/mol. The monoisotopic (exact) mass is 394 g/mol. The number of nitrogens with zero attached hydrogens (tertiary/aromatic N) is 2. The first kappa shape index (κ1) is 20.4. The largest absolute Gasteiger partial charge is 0.493 e. The number of hydrogen-bond donors (Lipinski definition) is 2. The highest BCUT2D eigenvalue weighted by Gasteiger charge is 2.18. The van der Waals surface area contributed by atoms with Crippen molar-refractivity contribution in [2.24, 2.45) is 5.73 Å². The number of benzene rings is 2. The molecule has 152 valence electrons. The fourth-order valence-corrected chi connectivity index (χ4v) is 3.12. The molecule has 0 bridgehead atoms. The van der Waals surface area contributed by atoms with E-state index in [0.29, 0.717) is 42.5 Å². The molecule has 0 aliphatic heterocycles. The summed E-state index contributed by atoms with van der Waals surface area (Å²) in [4.78, 5) is 14.7. The quantitative estimate of drug-likeness (QED) is 0.582. The first-order chi connectivity index (χ1) is 14.2. The van der Waals surface area contributed by atoms with Crippen molar-refractivity contribution in [3.8, 4) is 22.8 Å². The minimum absolute atomic E-state index is 0.120. The molecule has 0 spiro atoms. The second kappa shape index (κ2) is 9.75. The van der Waals surface area contributed by atoms with E-state index >= 15 is 0 Å². The number of nitrogens with one attached hydrogen (secondary N) is 1. The summed E-state index contributed by atoms with van der Waals surface area (Å²) < 4.78 is 10.6. The van der Waals surface area contributed by atoms with Crippen LogP contribution in [-0.2, 0) is 6.42 Å². The molecule has 2 aromatic carbocycles. The number of methoxy groups -OCH3 is 2. The Morgan fingerprint density at radius 1 is 1.03 bits per heavy atom. The zero-order valence-electron chi connectivity index (χ0n) is 16.7. The van der Waals surface area contributed by atoms with Gasteiger partial charge in [0.05, 0.1) is 19.9 Å². The van der Waals surface area contributed by atoms with Gasteiger partial charge in [-0.25, -0.2) is 0 Å². The van der Waals surface area contributed by atoms with E-state index in [-0.39, 0.29) is 5.91 Å². The lowest BCUT2D eigenvalue weighted by molar-refractivity contribution is 0.0756. The van der Waals surface area contributed by atoms with Gasteiger partial charge in [-0.05, 0) is 36.2 Å². The highest BCUT2D eigenvalue weighted by atomic mass is 16.5. The number of amides is 1. The highest BCUT2D eigenvalue weighted by molar-refractivity contribution is 5.93. The average molecular weight is 394 g/mol. The van der Waals surface area contributed by atoms with E-state index in [1.165, 1.54) is 5.56 Å². The number of aromatic nitrogens is 2. The molecule has 1 amide bonds. The summed E-state index contributed by atoms with van der Waals surface area (Å²) in [6.45, 7) is 1.47. The molecule has 0 saturated carbocycles. The molecule has 0 fully saturated rings. The van der Waals surface area contributed by atoms with Crippen molar-refractivity contribution in [3.05, 3.63) is 65.9 Å². The van der Waals surface area contributed by atoms with Crippen LogP contribution in [0.2, 0.25) is 0 Å². The minimum Gasteiger partial charge on any atom is -0.493 e. The van der Waals surface area contributed by atoms with Gasteiger partial charge in [0.15, 0.2) is 11.5 Å². The number of ether oxygens (including phenoxy) is 2. The van der Waals surface area contributed by atoms with Crippen LogP contribution in [0.4, 0.5) is 0 Å². The van der Waals surface area contributed by atoms with Gasteiger partial charge in [-0.15, -0.1) is 0 Å². The van der Waals surface area contributed by atoms with Crippen LogP contribution in [0, 0.1) is 0 Å². The second-order valence-corrected chi connectivity index (χ2v) is 6.55. The molecule has 1 heterocycles. The zero-order chi connectivity index (χ0) is 20.6. The minimum atomic E-state index is -0.120. The zero-order valence-corrected chi connectivity index (χ0v) is 16.7. The van der Waals surface area contributed by atoms with Crippen LogP contribution in [0.5, 0.6) is 11.5 Å². The van der Waals surface area contributed by atoms with Gasteiger partial charge in [0.1, 0.15) is 5.69 Å². The maximum Gasteiger partial charge on any atom is 0.271 e. The van der Waals surface area contributed by atoms with Crippen LogP contribution in [0.25, 0.3) is 11.3 Å². The molecule has 0 saturated heterocycles. The van der Waals surface area contributed by atoms with Gasteiger partial charge in [0.2, 0.25) is 0 Å². The third kappa shape index (κ3) is 4.94. The van der Waals surface area contributed by atoms with Gasteiger partial charge in [-0.1, -0.05) is 30.3 Å². The SMILES string of the molecule is COc1ccc(-c2cc(C(=O)N(CCN)CCc3ccccc3)[nH]n2)cc1OC. The van der Waals surface area contributed by atoms with Gasteiger partial charge in [-0.3, -0.25) is 9.89 Å². The molecule has 3 aromatic rings. The Hall–Kier alpha value is -3.32. The Balaban J connectivity index is 1.75. The molecule has 0 radical (unpaired) electrons. The van der Waals surface area contributed by atoms with E-state index in [4.69, 9.17) is 15.2 Å². The Kier molecular flexibility index (Phi) is 6.86. The number of nitrogens with two attached hydrogens (primary N) is 1. The third-order valence-electron chi connectivity index (χ3n) is 4.69. The number of aromatic amines is 1. The van der Waals surface area contributed by atoms with Gasteiger partial charge in [0.25, 0.3) is 5.91 Å². The summed E-state index contributed by atoms with van der Waals surface area (Å²) in [6.07, 6.45) is 0.767. The van der Waals surface area contributed by atoms with Gasteiger partial charge < -0.3 is 20.1 Å². The molecule has 3 rings (SSSR count). The van der Waals surface area contributed by atoms with Crippen molar-refractivity contribution in [2.45, 2.75) is 6.42 Å². The summed E-state index contributed by atoms with van der Waals surface area (Å²) >= 11 is 0. The molecule has 0 atom stereocenters. The summed E-state index contributed by atoms with van der Waals surface area (Å²) in [6, 6.07) is 17.3. The molecular weight excluding hydrogens is 368 g/mol. The average Bonchev–Trinajstić information content (AvgIpc) is 3.26. The lowest BCUT2D eigenvalue weighted by atomic mass is 10.1. The van der Waals surface area contributed by atoms with Crippen LogP contribution in [0.15, 0.2) is 54.6 Å². The number of H-pyrrole nitrogens is 1. The maximum atomic E-state index is 13.0. The smallest absolute Gasteiger partial charge is 0.271 e. The fourth-order valence-electron chi connectivity index (χ4n) is 3.12. The van der Waals surface area contributed by atoms with Crippen LogP contribution >= 0.6 is 0 Å². The molecule has 0 unspecified atom stereocenters. The topological polar surface area (TPSA) is 93.5 Å². The van der Waals surface area contributed by atoms with Crippen molar-refractivity contribution in [3.63, 3.8) is 0 Å². The third-order valence-corrected chi connectivity index (χ3v) is 4.69. The van der Waals surface area contributed by atoms with Gasteiger partial charge in [-0.2, -0.15) is 5.10 Å².